The number of carbonyl (C=O) groups is 2. The molecule has 1 aromatic heterocycles. The topological polar surface area (TPSA) is 92.3 Å². The van der Waals surface area contributed by atoms with Crippen LogP contribution in [0.4, 0.5) is 4.79 Å². The van der Waals surface area contributed by atoms with E-state index in [1.165, 1.54) is 0 Å². The van der Waals surface area contributed by atoms with Crippen molar-refractivity contribution in [3.63, 3.8) is 0 Å². The Kier molecular flexibility index (Phi) is 6.14. The molecule has 1 aliphatic rings. The molecule has 2 amide bonds. The van der Waals surface area contributed by atoms with Gasteiger partial charge in [-0.3, -0.25) is 9.78 Å². The van der Waals surface area contributed by atoms with Crippen molar-refractivity contribution in [2.24, 2.45) is 0 Å². The minimum absolute atomic E-state index is 0.105. The summed E-state index contributed by atoms with van der Waals surface area (Å²) in [4.78, 5) is 27.6. The van der Waals surface area contributed by atoms with E-state index in [0.717, 1.165) is 25.9 Å². The van der Waals surface area contributed by atoms with E-state index >= 15 is 0 Å². The lowest BCUT2D eigenvalue weighted by Crippen LogP contribution is -2.42. The van der Waals surface area contributed by atoms with Crippen LogP contribution in [0.3, 0.4) is 0 Å². The Hall–Kier alpha value is -2.15. The predicted molar refractivity (Wildman–Crippen MR) is 81.5 cm³/mol. The van der Waals surface area contributed by atoms with Crippen LogP contribution in [0.1, 0.15) is 35.8 Å². The second kappa shape index (κ2) is 8.33. The Bertz CT molecular complexity index is 515. The monoisotopic (exact) mass is 306 g/mol. The lowest BCUT2D eigenvalue weighted by atomic mass is 10.1. The number of piperidine rings is 1. The molecule has 120 valence electrons. The number of carbonyl (C=O) groups excluding carboxylic acids is 2. The van der Waals surface area contributed by atoms with E-state index in [1.54, 1.807) is 25.3 Å². The second-order valence-electron chi connectivity index (χ2n) is 5.11. The van der Waals surface area contributed by atoms with Crippen LogP contribution in [0.2, 0.25) is 0 Å². The zero-order chi connectivity index (χ0) is 15.8. The van der Waals surface area contributed by atoms with Gasteiger partial charge in [0, 0.05) is 17.8 Å². The summed E-state index contributed by atoms with van der Waals surface area (Å²) in [5.41, 5.74) is 1.17. The van der Waals surface area contributed by atoms with Gasteiger partial charge in [-0.1, -0.05) is 0 Å². The Morgan fingerprint density at radius 2 is 2.18 bits per heavy atom. The molecule has 7 heteroatoms. The van der Waals surface area contributed by atoms with E-state index in [9.17, 15) is 9.59 Å². The van der Waals surface area contributed by atoms with Crippen molar-refractivity contribution in [3.05, 3.63) is 29.6 Å². The van der Waals surface area contributed by atoms with Crippen LogP contribution >= 0.6 is 0 Å². The average molecular weight is 306 g/mol. The third-order valence-corrected chi connectivity index (χ3v) is 3.44. The van der Waals surface area contributed by atoms with Crippen LogP contribution in [-0.2, 0) is 11.3 Å². The Balaban J connectivity index is 1.89. The molecular formula is C15H22N4O3. The third kappa shape index (κ3) is 5.00. The van der Waals surface area contributed by atoms with E-state index < -0.39 is 6.09 Å². The normalized spacial score (nSPS) is 15.1. The maximum absolute atomic E-state index is 12.2. The number of aromatic nitrogens is 1. The van der Waals surface area contributed by atoms with Crippen LogP contribution < -0.4 is 16.0 Å². The first-order valence-corrected chi connectivity index (χ1v) is 7.56. The molecule has 0 spiro atoms. The molecule has 0 atom stereocenters. The highest BCUT2D eigenvalue weighted by Crippen LogP contribution is 2.06. The maximum atomic E-state index is 12.2. The molecule has 0 aromatic carbocycles. The molecule has 22 heavy (non-hydrogen) atoms. The summed E-state index contributed by atoms with van der Waals surface area (Å²) in [6, 6.07) is 3.57. The van der Waals surface area contributed by atoms with Crippen LogP contribution in [0, 0.1) is 0 Å². The number of rotatable bonds is 5. The highest BCUT2D eigenvalue weighted by molar-refractivity contribution is 5.94. The molecule has 1 saturated heterocycles. The van der Waals surface area contributed by atoms with Crippen molar-refractivity contribution in [1.82, 2.24) is 20.9 Å². The number of pyridine rings is 1. The number of hydrogen-bond donors (Lipinski definition) is 3. The number of hydrogen-bond acceptors (Lipinski definition) is 5. The van der Waals surface area contributed by atoms with Gasteiger partial charge in [0.1, 0.15) is 0 Å². The van der Waals surface area contributed by atoms with E-state index in [1.807, 2.05) is 0 Å². The first-order valence-electron chi connectivity index (χ1n) is 7.56. The fraction of sp³-hybridized carbons (Fsp3) is 0.533. The van der Waals surface area contributed by atoms with Crippen molar-refractivity contribution in [2.75, 3.05) is 19.7 Å². The third-order valence-electron chi connectivity index (χ3n) is 3.44. The number of ether oxygens (including phenoxy) is 1. The molecule has 1 aliphatic heterocycles. The second-order valence-corrected chi connectivity index (χ2v) is 5.11. The SMILES string of the molecule is CCOC(=O)NCc1cc(C(=O)NC2CCNCC2)ccn1. The van der Waals surface area contributed by atoms with Crippen LogP contribution in [0.25, 0.3) is 0 Å². The highest BCUT2D eigenvalue weighted by Gasteiger charge is 2.16. The summed E-state index contributed by atoms with van der Waals surface area (Å²) in [7, 11) is 0. The summed E-state index contributed by atoms with van der Waals surface area (Å²) < 4.78 is 4.78. The van der Waals surface area contributed by atoms with Crippen LogP contribution in [0.15, 0.2) is 18.3 Å². The Labute approximate surface area is 129 Å². The van der Waals surface area contributed by atoms with E-state index in [-0.39, 0.29) is 18.5 Å². The predicted octanol–water partition coefficient (Wildman–Crippen LogP) is 0.810. The van der Waals surface area contributed by atoms with Gasteiger partial charge in [0.05, 0.1) is 18.8 Å². The number of nitrogens with one attached hydrogen (secondary N) is 3. The lowest BCUT2D eigenvalue weighted by Gasteiger charge is -2.23. The zero-order valence-corrected chi connectivity index (χ0v) is 12.7. The number of alkyl carbamates (subject to hydrolysis) is 1. The van der Waals surface area contributed by atoms with E-state index in [2.05, 4.69) is 20.9 Å². The zero-order valence-electron chi connectivity index (χ0n) is 12.7. The van der Waals surface area contributed by atoms with Gasteiger partial charge in [-0.2, -0.15) is 0 Å². The molecule has 1 aromatic rings. The summed E-state index contributed by atoms with van der Waals surface area (Å²) in [6.07, 6.45) is 2.95. The average Bonchev–Trinajstić information content (AvgIpc) is 2.54. The molecular weight excluding hydrogens is 284 g/mol. The fourth-order valence-electron chi connectivity index (χ4n) is 2.30. The molecule has 0 unspecified atom stereocenters. The molecule has 0 saturated carbocycles. The minimum atomic E-state index is -0.492. The van der Waals surface area contributed by atoms with Crippen molar-refractivity contribution < 1.29 is 14.3 Å². The minimum Gasteiger partial charge on any atom is -0.450 e. The Morgan fingerprint density at radius 3 is 2.91 bits per heavy atom. The van der Waals surface area contributed by atoms with E-state index in [4.69, 9.17) is 4.74 Å². The fourth-order valence-corrected chi connectivity index (χ4v) is 2.30. The van der Waals surface area contributed by atoms with Crippen LogP contribution in [-0.4, -0.2) is 42.7 Å². The highest BCUT2D eigenvalue weighted by atomic mass is 16.5. The molecule has 0 radical (unpaired) electrons. The maximum Gasteiger partial charge on any atom is 0.407 e. The van der Waals surface area contributed by atoms with Gasteiger partial charge in [0.2, 0.25) is 0 Å². The van der Waals surface area contributed by atoms with Gasteiger partial charge in [0.15, 0.2) is 0 Å². The quantitative estimate of drug-likeness (QED) is 0.748. The largest absolute Gasteiger partial charge is 0.450 e. The van der Waals surface area contributed by atoms with E-state index in [0.29, 0.717) is 17.9 Å². The number of amides is 2. The summed E-state index contributed by atoms with van der Waals surface area (Å²) >= 11 is 0. The van der Waals surface area contributed by atoms with Gasteiger partial charge in [-0.25, -0.2) is 4.79 Å². The molecule has 1 fully saturated rings. The van der Waals surface area contributed by atoms with Gasteiger partial charge in [0.25, 0.3) is 5.91 Å². The molecule has 2 rings (SSSR count). The van der Waals surface area contributed by atoms with Gasteiger partial charge in [-0.05, 0) is 45.0 Å². The Morgan fingerprint density at radius 1 is 1.41 bits per heavy atom. The standard InChI is InChI=1S/C15H22N4O3/c1-2-22-15(21)18-10-13-9-11(3-8-17-13)14(20)19-12-4-6-16-7-5-12/h3,8-9,12,16H,2,4-7,10H2,1H3,(H,18,21)(H,19,20). The number of nitrogens with zero attached hydrogens (tertiary/aromatic N) is 1. The van der Waals surface area contributed by atoms with Crippen molar-refractivity contribution in [2.45, 2.75) is 32.4 Å². The molecule has 2 heterocycles. The van der Waals surface area contributed by atoms with Crippen molar-refractivity contribution >= 4 is 12.0 Å². The summed E-state index contributed by atoms with van der Waals surface area (Å²) in [6.45, 7) is 4.14. The van der Waals surface area contributed by atoms with Gasteiger partial charge in [-0.15, -0.1) is 0 Å². The van der Waals surface area contributed by atoms with Crippen LogP contribution in [0.5, 0.6) is 0 Å². The van der Waals surface area contributed by atoms with Gasteiger partial charge >= 0.3 is 6.09 Å². The first-order chi connectivity index (χ1) is 10.7. The van der Waals surface area contributed by atoms with Crippen molar-refractivity contribution in [1.29, 1.82) is 0 Å². The molecule has 0 bridgehead atoms. The van der Waals surface area contributed by atoms with Crippen molar-refractivity contribution in [3.8, 4) is 0 Å². The molecule has 7 nitrogen and oxygen atoms in total. The smallest absolute Gasteiger partial charge is 0.407 e. The molecule has 0 aliphatic carbocycles. The summed E-state index contributed by atoms with van der Waals surface area (Å²) in [5, 5.41) is 8.87. The summed E-state index contributed by atoms with van der Waals surface area (Å²) in [5.74, 6) is -0.105. The molecule has 3 N–H and O–H groups in total. The lowest BCUT2D eigenvalue weighted by molar-refractivity contribution is 0.0929. The van der Waals surface area contributed by atoms with Gasteiger partial charge < -0.3 is 20.7 Å². The first kappa shape index (κ1) is 16.2.